The Morgan fingerprint density at radius 3 is 2.47 bits per heavy atom. The maximum absolute atomic E-state index is 14.1. The molecular weight excluding hydrogens is 496 g/mol. The summed E-state index contributed by atoms with van der Waals surface area (Å²) in [5.41, 5.74) is 1.03. The summed E-state index contributed by atoms with van der Waals surface area (Å²) in [5.74, 6) is 1.09. The normalized spacial score (nSPS) is 22.4. The lowest BCUT2D eigenvalue weighted by atomic mass is 9.86. The van der Waals surface area contributed by atoms with Crippen LogP contribution in [0, 0.1) is 5.92 Å². The quantitative estimate of drug-likeness (QED) is 0.483. The molecule has 1 aromatic carbocycles. The van der Waals surface area contributed by atoms with Gasteiger partial charge in [0.2, 0.25) is 11.9 Å². The number of alkyl halides is 2. The molecule has 4 heterocycles. The van der Waals surface area contributed by atoms with Crippen molar-refractivity contribution in [3.05, 3.63) is 36.2 Å². The summed E-state index contributed by atoms with van der Waals surface area (Å²) in [5, 5.41) is 6.59. The van der Waals surface area contributed by atoms with Crippen LogP contribution in [0.15, 0.2) is 30.3 Å². The number of ether oxygens (including phenoxy) is 2. The minimum absolute atomic E-state index is 0.0188. The van der Waals surface area contributed by atoms with Crippen LogP contribution in [0.5, 0.6) is 0 Å². The molecular formula is C26H31F2N7O3. The van der Waals surface area contributed by atoms with E-state index in [9.17, 15) is 13.6 Å². The zero-order chi connectivity index (χ0) is 26.1. The number of nitrogens with one attached hydrogen (secondary N) is 2. The first kappa shape index (κ1) is 24.9. The van der Waals surface area contributed by atoms with E-state index in [4.69, 9.17) is 19.4 Å². The fraction of sp³-hybridized carbons (Fsp3) is 0.538. The van der Waals surface area contributed by atoms with Crippen molar-refractivity contribution in [3.8, 4) is 5.82 Å². The summed E-state index contributed by atoms with van der Waals surface area (Å²) in [4.78, 5) is 28.2. The van der Waals surface area contributed by atoms with E-state index in [-0.39, 0.29) is 29.7 Å². The second kappa shape index (κ2) is 10.8. The highest BCUT2D eigenvalue weighted by molar-refractivity contribution is 5.79. The monoisotopic (exact) mass is 527 g/mol. The first-order chi connectivity index (χ1) is 18.5. The summed E-state index contributed by atoms with van der Waals surface area (Å²) in [6, 6.07) is 8.93. The molecule has 3 fully saturated rings. The van der Waals surface area contributed by atoms with Gasteiger partial charge >= 0.3 is 0 Å². The average Bonchev–Trinajstić information content (AvgIpc) is 3.33. The third-order valence-electron chi connectivity index (χ3n) is 7.43. The van der Waals surface area contributed by atoms with Gasteiger partial charge in [-0.25, -0.2) is 13.8 Å². The highest BCUT2D eigenvalue weighted by Crippen LogP contribution is 2.31. The van der Waals surface area contributed by atoms with Gasteiger partial charge in [-0.2, -0.15) is 9.97 Å². The number of carbonyl (C=O) groups is 1. The van der Waals surface area contributed by atoms with Crippen LogP contribution in [-0.2, 0) is 14.3 Å². The van der Waals surface area contributed by atoms with Crippen molar-refractivity contribution in [2.45, 2.75) is 44.2 Å². The van der Waals surface area contributed by atoms with Gasteiger partial charge in [-0.15, -0.1) is 0 Å². The Morgan fingerprint density at radius 1 is 0.974 bits per heavy atom. The standard InChI is InChI=1S/C26H31F2N7O3/c27-23(28)24-31-19-3-1-2-4-20(19)35(24)22-15-21(32-26(33-22)34-7-11-38-12-8-34)29-17-13-18(14-17)30-25(36)16-5-9-37-10-6-16/h1-4,15-18,23H,5-14H2,(H,30,36)(H,29,32,33)/t17-,18-. The summed E-state index contributed by atoms with van der Waals surface area (Å²) >= 11 is 0. The molecule has 202 valence electrons. The number of rotatable bonds is 7. The van der Waals surface area contributed by atoms with Crippen molar-refractivity contribution in [2.24, 2.45) is 5.92 Å². The molecule has 10 nitrogen and oxygen atoms in total. The average molecular weight is 528 g/mol. The smallest absolute Gasteiger partial charge is 0.296 e. The van der Waals surface area contributed by atoms with Gasteiger partial charge in [0.05, 0.1) is 24.2 Å². The number of fused-ring (bicyclic) bond motifs is 1. The minimum Gasteiger partial charge on any atom is -0.381 e. The number of amides is 1. The van der Waals surface area contributed by atoms with E-state index in [1.54, 1.807) is 30.3 Å². The molecule has 1 saturated carbocycles. The molecule has 2 saturated heterocycles. The van der Waals surface area contributed by atoms with Crippen LogP contribution >= 0.6 is 0 Å². The highest BCUT2D eigenvalue weighted by Gasteiger charge is 2.33. The van der Waals surface area contributed by atoms with Crippen LogP contribution in [0.3, 0.4) is 0 Å². The van der Waals surface area contributed by atoms with Crippen LogP contribution in [-0.4, -0.2) is 77.0 Å². The van der Waals surface area contributed by atoms with Crippen molar-refractivity contribution >= 4 is 28.7 Å². The van der Waals surface area contributed by atoms with Gasteiger partial charge in [0, 0.05) is 50.4 Å². The van der Waals surface area contributed by atoms with Gasteiger partial charge in [0.15, 0.2) is 5.82 Å². The van der Waals surface area contributed by atoms with Crippen molar-refractivity contribution in [1.29, 1.82) is 0 Å². The second-order valence-electron chi connectivity index (χ2n) is 10.0. The zero-order valence-electron chi connectivity index (χ0n) is 21.0. The summed E-state index contributed by atoms with van der Waals surface area (Å²) < 4.78 is 40.3. The van der Waals surface area contributed by atoms with E-state index in [1.165, 1.54) is 4.57 Å². The van der Waals surface area contributed by atoms with Crippen molar-refractivity contribution in [2.75, 3.05) is 49.7 Å². The van der Waals surface area contributed by atoms with Crippen molar-refractivity contribution < 1.29 is 23.0 Å². The number of hydrogen-bond donors (Lipinski definition) is 2. The first-order valence-corrected chi connectivity index (χ1v) is 13.2. The number of carbonyl (C=O) groups excluding carboxylic acids is 1. The molecule has 0 spiro atoms. The summed E-state index contributed by atoms with van der Waals surface area (Å²) in [6.07, 6.45) is 0.275. The van der Waals surface area contributed by atoms with Crippen LogP contribution < -0.4 is 15.5 Å². The topological polar surface area (TPSA) is 106 Å². The number of imidazole rings is 1. The Morgan fingerprint density at radius 2 is 1.71 bits per heavy atom. The van der Waals surface area contributed by atoms with E-state index in [2.05, 4.69) is 15.6 Å². The zero-order valence-corrected chi connectivity index (χ0v) is 21.0. The van der Waals surface area contributed by atoms with Crippen LogP contribution in [0.2, 0.25) is 0 Å². The van der Waals surface area contributed by atoms with Crippen molar-refractivity contribution in [1.82, 2.24) is 24.8 Å². The van der Waals surface area contributed by atoms with Gasteiger partial charge in [-0.05, 0) is 37.8 Å². The molecule has 3 aromatic rings. The van der Waals surface area contributed by atoms with Gasteiger partial charge < -0.3 is 25.0 Å². The molecule has 1 amide bonds. The molecule has 1 aliphatic carbocycles. The lowest BCUT2D eigenvalue weighted by molar-refractivity contribution is -0.129. The number of morpholine rings is 1. The maximum atomic E-state index is 14.1. The predicted molar refractivity (Wildman–Crippen MR) is 137 cm³/mol. The molecule has 0 radical (unpaired) electrons. The Bertz CT molecular complexity index is 1290. The SMILES string of the molecule is O=C(N[C@H]1C[C@H](Nc2cc(-n3c(C(F)F)nc4ccccc43)nc(N3CCOCC3)n2)C1)C1CCOCC1. The molecule has 3 aliphatic rings. The third kappa shape index (κ3) is 5.14. The molecule has 0 bridgehead atoms. The van der Waals surface area contributed by atoms with Gasteiger partial charge in [-0.1, -0.05) is 12.1 Å². The first-order valence-electron chi connectivity index (χ1n) is 13.2. The number of halogens is 2. The van der Waals surface area contributed by atoms with Crippen LogP contribution in [0.25, 0.3) is 16.9 Å². The molecule has 0 unspecified atom stereocenters. The Hall–Kier alpha value is -3.38. The third-order valence-corrected chi connectivity index (χ3v) is 7.43. The molecule has 2 aromatic heterocycles. The lowest BCUT2D eigenvalue weighted by Crippen LogP contribution is -2.51. The molecule has 2 aliphatic heterocycles. The van der Waals surface area contributed by atoms with E-state index in [1.807, 2.05) is 4.90 Å². The maximum Gasteiger partial charge on any atom is 0.296 e. The van der Waals surface area contributed by atoms with Crippen LogP contribution in [0.4, 0.5) is 20.5 Å². The molecule has 12 heteroatoms. The molecule has 38 heavy (non-hydrogen) atoms. The minimum atomic E-state index is -2.77. The Balaban J connectivity index is 1.24. The number of anilines is 2. The molecule has 6 rings (SSSR count). The van der Waals surface area contributed by atoms with E-state index in [0.29, 0.717) is 68.1 Å². The largest absolute Gasteiger partial charge is 0.381 e. The number of benzene rings is 1. The number of nitrogens with zero attached hydrogens (tertiary/aromatic N) is 5. The van der Waals surface area contributed by atoms with E-state index < -0.39 is 6.43 Å². The molecule has 0 atom stereocenters. The number of hydrogen-bond acceptors (Lipinski definition) is 8. The highest BCUT2D eigenvalue weighted by atomic mass is 19.3. The molecule has 2 N–H and O–H groups in total. The van der Waals surface area contributed by atoms with E-state index >= 15 is 0 Å². The Kier molecular flexibility index (Phi) is 7.07. The fourth-order valence-corrected chi connectivity index (χ4v) is 5.29. The Labute approximate surface area is 218 Å². The summed E-state index contributed by atoms with van der Waals surface area (Å²) in [7, 11) is 0. The predicted octanol–water partition coefficient (Wildman–Crippen LogP) is 3.08. The summed E-state index contributed by atoms with van der Waals surface area (Å²) in [6.45, 7) is 3.58. The second-order valence-corrected chi connectivity index (χ2v) is 10.0. The van der Waals surface area contributed by atoms with Crippen molar-refractivity contribution in [3.63, 3.8) is 0 Å². The van der Waals surface area contributed by atoms with E-state index in [0.717, 1.165) is 25.7 Å². The number of para-hydroxylation sites is 2. The van der Waals surface area contributed by atoms with Crippen LogP contribution in [0.1, 0.15) is 37.9 Å². The van der Waals surface area contributed by atoms with Gasteiger partial charge in [0.1, 0.15) is 11.6 Å². The van der Waals surface area contributed by atoms with Gasteiger partial charge in [0.25, 0.3) is 6.43 Å². The fourth-order valence-electron chi connectivity index (χ4n) is 5.29. The number of aromatic nitrogens is 4. The lowest BCUT2D eigenvalue weighted by Gasteiger charge is -2.38. The van der Waals surface area contributed by atoms with Gasteiger partial charge in [-0.3, -0.25) is 9.36 Å².